The molecule has 3 N–H and O–H groups in total. The number of esters is 3. The molecule has 1 aromatic carbocycles. The number of carbonyl (C=O) groups excluding carboxylic acids is 4. The van der Waals surface area contributed by atoms with E-state index in [1.54, 1.807) is 24.3 Å². The van der Waals surface area contributed by atoms with E-state index >= 15 is 0 Å². The van der Waals surface area contributed by atoms with Gasteiger partial charge in [-0.2, -0.15) is 0 Å². The van der Waals surface area contributed by atoms with Crippen LogP contribution in [0.3, 0.4) is 0 Å². The van der Waals surface area contributed by atoms with Crippen LogP contribution in [-0.2, 0) is 25.6 Å². The number of anilines is 1. The molecule has 0 aliphatic carbocycles. The fraction of sp³-hybridized carbons (Fsp3) is 0.263. The van der Waals surface area contributed by atoms with Gasteiger partial charge in [0.25, 0.3) is 5.91 Å². The number of hydrogen-bond donors (Lipinski definition) is 2. The number of rotatable bonds is 8. The first-order valence-corrected chi connectivity index (χ1v) is 9.30. The quantitative estimate of drug-likeness (QED) is 0.463. The van der Waals surface area contributed by atoms with E-state index in [2.05, 4.69) is 14.8 Å². The standard InChI is InChI=1S/C19H20N2O8S/c1-26-12-7-5-4-6-10(12)17(23)21-8-13(22)29-9-11-14(18(24)27-2)16(20)30-15(11)19(25)28-3/h4-7H,8-9,20H2,1-3H3,(H,21,23). The maximum absolute atomic E-state index is 12.2. The van der Waals surface area contributed by atoms with Crippen molar-refractivity contribution in [1.29, 1.82) is 0 Å². The molecule has 0 radical (unpaired) electrons. The van der Waals surface area contributed by atoms with Crippen molar-refractivity contribution < 1.29 is 38.1 Å². The maximum atomic E-state index is 12.2. The Balaban J connectivity index is 2.08. The summed E-state index contributed by atoms with van der Waals surface area (Å²) in [5.74, 6) is -2.50. The van der Waals surface area contributed by atoms with Crippen molar-refractivity contribution in [2.75, 3.05) is 33.6 Å². The molecule has 0 bridgehead atoms. The number of para-hydroxylation sites is 1. The van der Waals surface area contributed by atoms with Crippen LogP contribution in [0, 0.1) is 0 Å². The lowest BCUT2D eigenvalue weighted by atomic mass is 10.1. The summed E-state index contributed by atoms with van der Waals surface area (Å²) in [5.41, 5.74) is 6.05. The van der Waals surface area contributed by atoms with Gasteiger partial charge in [-0.25, -0.2) is 9.59 Å². The summed E-state index contributed by atoms with van der Waals surface area (Å²) in [6.45, 7) is -0.885. The second kappa shape index (κ2) is 10.3. The molecule has 0 saturated heterocycles. The van der Waals surface area contributed by atoms with Crippen LogP contribution in [0.4, 0.5) is 5.00 Å². The summed E-state index contributed by atoms with van der Waals surface area (Å²) in [6.07, 6.45) is 0. The fourth-order valence-corrected chi connectivity index (χ4v) is 3.47. The van der Waals surface area contributed by atoms with E-state index in [0.29, 0.717) is 5.75 Å². The lowest BCUT2D eigenvalue weighted by Gasteiger charge is -2.10. The molecule has 10 nitrogen and oxygen atoms in total. The Labute approximate surface area is 175 Å². The first kappa shape index (κ1) is 22.7. The fourth-order valence-electron chi connectivity index (χ4n) is 2.49. The zero-order chi connectivity index (χ0) is 22.3. The number of nitrogens with two attached hydrogens (primary N) is 1. The molecule has 0 fully saturated rings. The zero-order valence-electron chi connectivity index (χ0n) is 16.5. The van der Waals surface area contributed by atoms with Crippen molar-refractivity contribution in [3.8, 4) is 5.75 Å². The predicted molar refractivity (Wildman–Crippen MR) is 107 cm³/mol. The van der Waals surface area contributed by atoms with Crippen LogP contribution in [0.25, 0.3) is 0 Å². The number of carbonyl (C=O) groups is 4. The highest BCUT2D eigenvalue weighted by Gasteiger charge is 2.28. The van der Waals surface area contributed by atoms with Gasteiger partial charge < -0.3 is 30.0 Å². The number of hydrogen-bond acceptors (Lipinski definition) is 10. The molecule has 0 spiro atoms. The summed E-state index contributed by atoms with van der Waals surface area (Å²) >= 11 is 0.816. The van der Waals surface area contributed by atoms with Crippen LogP contribution < -0.4 is 15.8 Å². The first-order valence-electron chi connectivity index (χ1n) is 8.48. The van der Waals surface area contributed by atoms with Crippen LogP contribution in [0.2, 0.25) is 0 Å². The van der Waals surface area contributed by atoms with E-state index in [9.17, 15) is 19.2 Å². The molecule has 0 saturated carbocycles. The molecule has 2 aromatic rings. The third-order valence-corrected chi connectivity index (χ3v) is 4.96. The lowest BCUT2D eigenvalue weighted by Crippen LogP contribution is -2.31. The van der Waals surface area contributed by atoms with Crippen molar-refractivity contribution in [3.63, 3.8) is 0 Å². The number of nitrogens with one attached hydrogen (secondary N) is 1. The minimum absolute atomic E-state index is 0.0151. The van der Waals surface area contributed by atoms with Crippen LogP contribution in [0.5, 0.6) is 5.75 Å². The number of ether oxygens (including phenoxy) is 4. The SMILES string of the molecule is COC(=O)c1sc(N)c(C(=O)OC)c1COC(=O)CNC(=O)c1ccccc1OC. The summed E-state index contributed by atoms with van der Waals surface area (Å²) in [5, 5.41) is 2.44. The summed E-state index contributed by atoms with van der Waals surface area (Å²) in [7, 11) is 3.74. The lowest BCUT2D eigenvalue weighted by molar-refractivity contribution is -0.143. The highest BCUT2D eigenvalue weighted by Crippen LogP contribution is 2.33. The van der Waals surface area contributed by atoms with E-state index in [-0.39, 0.29) is 26.6 Å². The number of methoxy groups -OCH3 is 3. The molecule has 1 heterocycles. The Bertz CT molecular complexity index is 969. The number of amides is 1. The van der Waals surface area contributed by atoms with Crippen molar-refractivity contribution in [2.24, 2.45) is 0 Å². The molecular formula is C19H20N2O8S. The summed E-state index contributed by atoms with van der Waals surface area (Å²) < 4.78 is 19.5. The normalized spacial score (nSPS) is 10.1. The van der Waals surface area contributed by atoms with Crippen molar-refractivity contribution in [2.45, 2.75) is 6.61 Å². The molecule has 160 valence electrons. The van der Waals surface area contributed by atoms with E-state index < -0.39 is 37.0 Å². The van der Waals surface area contributed by atoms with Crippen LogP contribution in [0.1, 0.15) is 36.0 Å². The van der Waals surface area contributed by atoms with E-state index in [0.717, 1.165) is 18.4 Å². The van der Waals surface area contributed by atoms with Gasteiger partial charge in [0.05, 0.1) is 26.9 Å². The second-order valence-electron chi connectivity index (χ2n) is 5.68. The highest BCUT2D eigenvalue weighted by molar-refractivity contribution is 7.18. The topological polar surface area (TPSA) is 143 Å². The van der Waals surface area contributed by atoms with Crippen LogP contribution >= 0.6 is 11.3 Å². The third kappa shape index (κ3) is 5.06. The van der Waals surface area contributed by atoms with Crippen molar-refractivity contribution in [1.82, 2.24) is 5.32 Å². The van der Waals surface area contributed by atoms with Crippen molar-refractivity contribution in [3.05, 3.63) is 45.8 Å². The van der Waals surface area contributed by atoms with Gasteiger partial charge in [-0.15, -0.1) is 11.3 Å². The number of thiophene rings is 1. The van der Waals surface area contributed by atoms with E-state index in [1.165, 1.54) is 14.2 Å². The van der Waals surface area contributed by atoms with Crippen LogP contribution in [0.15, 0.2) is 24.3 Å². The Hall–Kier alpha value is -3.60. The average Bonchev–Trinajstić information content (AvgIpc) is 3.10. The molecule has 1 amide bonds. The number of nitrogen functional groups attached to an aromatic ring is 1. The molecule has 30 heavy (non-hydrogen) atoms. The smallest absolute Gasteiger partial charge is 0.348 e. The monoisotopic (exact) mass is 436 g/mol. The maximum Gasteiger partial charge on any atom is 0.348 e. The third-order valence-electron chi connectivity index (χ3n) is 3.92. The predicted octanol–water partition coefficient (Wildman–Crippen LogP) is 1.39. The second-order valence-corrected chi connectivity index (χ2v) is 6.73. The largest absolute Gasteiger partial charge is 0.496 e. The molecule has 0 atom stereocenters. The van der Waals surface area contributed by atoms with Gasteiger partial charge in [-0.05, 0) is 12.1 Å². The molecule has 1 aromatic heterocycles. The molecule has 2 rings (SSSR count). The average molecular weight is 436 g/mol. The van der Waals surface area contributed by atoms with Gasteiger partial charge in [-0.3, -0.25) is 9.59 Å². The summed E-state index contributed by atoms with van der Waals surface area (Å²) in [4.78, 5) is 48.3. The highest BCUT2D eigenvalue weighted by atomic mass is 32.1. The molecule has 11 heteroatoms. The van der Waals surface area contributed by atoms with E-state index in [4.69, 9.17) is 15.2 Å². The Kier molecular flexibility index (Phi) is 7.76. The van der Waals surface area contributed by atoms with Crippen LogP contribution in [-0.4, -0.2) is 51.7 Å². The van der Waals surface area contributed by atoms with E-state index in [1.807, 2.05) is 0 Å². The Morgan fingerprint density at radius 1 is 1.03 bits per heavy atom. The Morgan fingerprint density at radius 2 is 1.70 bits per heavy atom. The van der Waals surface area contributed by atoms with Gasteiger partial charge in [0.2, 0.25) is 0 Å². The number of benzene rings is 1. The first-order chi connectivity index (χ1) is 14.3. The minimum atomic E-state index is -0.797. The minimum Gasteiger partial charge on any atom is -0.496 e. The molecule has 0 aliphatic rings. The molecule has 0 unspecified atom stereocenters. The van der Waals surface area contributed by atoms with Crippen molar-refractivity contribution >= 4 is 40.2 Å². The van der Waals surface area contributed by atoms with Gasteiger partial charge >= 0.3 is 17.9 Å². The zero-order valence-corrected chi connectivity index (χ0v) is 17.3. The van der Waals surface area contributed by atoms with Gasteiger partial charge in [0, 0.05) is 5.56 Å². The summed E-state index contributed by atoms with van der Waals surface area (Å²) in [6, 6.07) is 6.50. The van der Waals surface area contributed by atoms with Gasteiger partial charge in [0.1, 0.15) is 34.3 Å². The molecule has 0 aliphatic heterocycles. The molecular weight excluding hydrogens is 416 g/mol. The Morgan fingerprint density at radius 3 is 2.33 bits per heavy atom. The van der Waals surface area contributed by atoms with Gasteiger partial charge in [0.15, 0.2) is 0 Å². The van der Waals surface area contributed by atoms with Gasteiger partial charge in [-0.1, -0.05) is 12.1 Å².